The maximum atomic E-state index is 5.51. The minimum absolute atomic E-state index is 0.547. The number of aryl methyl sites for hydroxylation is 2. The number of ether oxygens (including phenoxy) is 2. The van der Waals surface area contributed by atoms with Gasteiger partial charge in [-0.3, -0.25) is 0 Å². The van der Waals surface area contributed by atoms with E-state index >= 15 is 0 Å². The van der Waals surface area contributed by atoms with Gasteiger partial charge < -0.3 is 19.4 Å². The molecule has 2 aromatic heterocycles. The first-order valence-corrected chi connectivity index (χ1v) is 11.6. The number of nitrogens with one attached hydrogen (secondary N) is 1. The molecule has 4 rings (SSSR count). The molecule has 33 heavy (non-hydrogen) atoms. The van der Waals surface area contributed by atoms with E-state index in [0.29, 0.717) is 11.7 Å². The summed E-state index contributed by atoms with van der Waals surface area (Å²) in [4.78, 5) is 9.31. The molecule has 0 spiro atoms. The van der Waals surface area contributed by atoms with Crippen molar-refractivity contribution in [2.24, 2.45) is 0 Å². The van der Waals surface area contributed by atoms with E-state index in [-0.39, 0.29) is 0 Å². The van der Waals surface area contributed by atoms with Crippen LogP contribution in [0.5, 0.6) is 11.5 Å². The highest BCUT2D eigenvalue weighted by atomic mass is 16.5. The number of hydrogen-bond acceptors (Lipinski definition) is 5. The molecular weight excluding hydrogens is 412 g/mol. The van der Waals surface area contributed by atoms with Gasteiger partial charge in [0.15, 0.2) is 11.5 Å². The molecule has 1 N–H and O–H groups in total. The molecule has 0 bridgehead atoms. The Kier molecular flexibility index (Phi) is 8.30. The van der Waals surface area contributed by atoms with E-state index < -0.39 is 0 Å². The Morgan fingerprint density at radius 2 is 1.64 bits per heavy atom. The second-order valence-corrected chi connectivity index (χ2v) is 7.39. The van der Waals surface area contributed by atoms with Crippen LogP contribution in [-0.4, -0.2) is 28.8 Å². The number of rotatable bonds is 8. The minimum Gasteiger partial charge on any atom is -0.493 e. The van der Waals surface area contributed by atoms with Gasteiger partial charge in [-0.1, -0.05) is 52.0 Å². The van der Waals surface area contributed by atoms with Gasteiger partial charge in [0.1, 0.15) is 5.65 Å². The molecule has 2 aromatic carbocycles. The summed E-state index contributed by atoms with van der Waals surface area (Å²) in [6.07, 6.45) is 5.76. The topological polar surface area (TPSA) is 61.2 Å². The van der Waals surface area contributed by atoms with Crippen LogP contribution in [-0.2, 0) is 19.4 Å². The number of anilines is 2. The van der Waals surface area contributed by atoms with E-state index in [1.165, 1.54) is 11.1 Å². The predicted molar refractivity (Wildman–Crippen MR) is 136 cm³/mol. The smallest absolute Gasteiger partial charge is 0.229 e. The first-order chi connectivity index (χ1) is 16.2. The first kappa shape index (κ1) is 24.1. The standard InChI is InChI=1S/C25H28N4O2.C2H6/c1-5-17-9-7-8-10-20(17)16-29-12-11-19-15-26-25(28-24(19)29)27-21-13-18(6-2)23(31-4)22(14-21)30-3;1-2/h7-15H,5-6,16H2,1-4H3,(H,26,27,28);1-2H3. The van der Waals surface area contributed by atoms with Gasteiger partial charge in [-0.15, -0.1) is 0 Å². The van der Waals surface area contributed by atoms with Crippen molar-refractivity contribution in [1.29, 1.82) is 0 Å². The van der Waals surface area contributed by atoms with Crippen molar-refractivity contribution in [3.63, 3.8) is 0 Å². The van der Waals surface area contributed by atoms with Crippen LogP contribution in [0.2, 0.25) is 0 Å². The average Bonchev–Trinajstić information content (AvgIpc) is 3.26. The minimum atomic E-state index is 0.547. The lowest BCUT2D eigenvalue weighted by atomic mass is 10.1. The summed E-state index contributed by atoms with van der Waals surface area (Å²) in [7, 11) is 3.30. The molecular formula is C27H34N4O2. The summed E-state index contributed by atoms with van der Waals surface area (Å²) in [6.45, 7) is 9.05. The van der Waals surface area contributed by atoms with E-state index in [2.05, 4.69) is 65.2 Å². The van der Waals surface area contributed by atoms with Crippen LogP contribution in [0, 0.1) is 0 Å². The van der Waals surface area contributed by atoms with Crippen LogP contribution in [0.15, 0.2) is 54.9 Å². The maximum absolute atomic E-state index is 5.51. The Labute approximate surface area is 196 Å². The molecule has 0 fully saturated rings. The van der Waals surface area contributed by atoms with Crippen molar-refractivity contribution in [2.45, 2.75) is 47.1 Å². The molecule has 0 radical (unpaired) electrons. The molecule has 2 heterocycles. The SMILES string of the molecule is CC.CCc1ccccc1Cn1ccc2cnc(Nc3cc(CC)c(OC)c(OC)c3)nc21. The number of fused-ring (bicyclic) bond motifs is 1. The number of benzene rings is 2. The van der Waals surface area contributed by atoms with Gasteiger partial charge in [-0.05, 0) is 41.7 Å². The van der Waals surface area contributed by atoms with Crippen molar-refractivity contribution in [2.75, 3.05) is 19.5 Å². The molecule has 4 aromatic rings. The zero-order valence-electron chi connectivity index (χ0n) is 20.5. The summed E-state index contributed by atoms with van der Waals surface area (Å²) < 4.78 is 13.2. The van der Waals surface area contributed by atoms with Crippen molar-refractivity contribution in [3.05, 3.63) is 71.5 Å². The van der Waals surface area contributed by atoms with E-state index in [0.717, 1.165) is 47.4 Å². The number of methoxy groups -OCH3 is 2. The van der Waals surface area contributed by atoms with Crippen LogP contribution in [0.3, 0.4) is 0 Å². The van der Waals surface area contributed by atoms with E-state index in [1.807, 2.05) is 32.2 Å². The molecule has 0 atom stereocenters. The van der Waals surface area contributed by atoms with Crippen LogP contribution in [0.1, 0.15) is 44.4 Å². The lowest BCUT2D eigenvalue weighted by molar-refractivity contribution is 0.352. The van der Waals surface area contributed by atoms with Gasteiger partial charge in [-0.2, -0.15) is 4.98 Å². The van der Waals surface area contributed by atoms with Crippen molar-refractivity contribution in [3.8, 4) is 11.5 Å². The molecule has 6 nitrogen and oxygen atoms in total. The molecule has 0 amide bonds. The fourth-order valence-corrected chi connectivity index (χ4v) is 3.91. The Bertz CT molecular complexity index is 1170. The fraction of sp³-hybridized carbons (Fsp3) is 0.333. The summed E-state index contributed by atoms with van der Waals surface area (Å²) in [6, 6.07) is 14.6. The Morgan fingerprint density at radius 1 is 0.909 bits per heavy atom. The van der Waals surface area contributed by atoms with E-state index in [1.54, 1.807) is 14.2 Å². The zero-order chi connectivity index (χ0) is 23.8. The van der Waals surface area contributed by atoms with Gasteiger partial charge in [0, 0.05) is 36.1 Å². The van der Waals surface area contributed by atoms with Crippen LogP contribution in [0.25, 0.3) is 11.0 Å². The number of hydrogen-bond donors (Lipinski definition) is 1. The van der Waals surface area contributed by atoms with Crippen molar-refractivity contribution >= 4 is 22.7 Å². The molecule has 0 saturated heterocycles. The second kappa shape index (κ2) is 11.4. The molecule has 0 aliphatic rings. The van der Waals surface area contributed by atoms with Gasteiger partial charge in [-0.25, -0.2) is 4.98 Å². The fourth-order valence-electron chi connectivity index (χ4n) is 3.91. The van der Waals surface area contributed by atoms with Crippen LogP contribution >= 0.6 is 0 Å². The van der Waals surface area contributed by atoms with Gasteiger partial charge in [0.25, 0.3) is 0 Å². The molecule has 0 unspecified atom stereocenters. The van der Waals surface area contributed by atoms with Gasteiger partial charge in [0.2, 0.25) is 5.95 Å². The van der Waals surface area contributed by atoms with E-state index in [4.69, 9.17) is 14.5 Å². The molecule has 0 aliphatic carbocycles. The zero-order valence-corrected chi connectivity index (χ0v) is 20.5. The van der Waals surface area contributed by atoms with Crippen LogP contribution in [0.4, 0.5) is 11.6 Å². The van der Waals surface area contributed by atoms with E-state index in [9.17, 15) is 0 Å². The van der Waals surface area contributed by atoms with Crippen LogP contribution < -0.4 is 14.8 Å². The summed E-state index contributed by atoms with van der Waals surface area (Å²) >= 11 is 0. The number of nitrogens with zero attached hydrogens (tertiary/aromatic N) is 3. The third-order valence-electron chi connectivity index (χ3n) is 5.53. The molecule has 0 aliphatic heterocycles. The lowest BCUT2D eigenvalue weighted by Gasteiger charge is -2.15. The highest BCUT2D eigenvalue weighted by Gasteiger charge is 2.13. The molecule has 174 valence electrons. The third kappa shape index (κ3) is 5.28. The normalized spacial score (nSPS) is 10.5. The first-order valence-electron chi connectivity index (χ1n) is 11.6. The average molecular weight is 447 g/mol. The highest BCUT2D eigenvalue weighted by Crippen LogP contribution is 2.35. The summed E-state index contributed by atoms with van der Waals surface area (Å²) in [5, 5.41) is 4.34. The van der Waals surface area contributed by atoms with Gasteiger partial charge in [0.05, 0.1) is 14.2 Å². The molecule has 0 saturated carbocycles. The summed E-state index contributed by atoms with van der Waals surface area (Å²) in [5.41, 5.74) is 5.49. The maximum Gasteiger partial charge on any atom is 0.229 e. The largest absolute Gasteiger partial charge is 0.493 e. The Balaban J connectivity index is 0.00000149. The lowest BCUT2D eigenvalue weighted by Crippen LogP contribution is -2.04. The number of aromatic nitrogens is 3. The van der Waals surface area contributed by atoms with Crippen molar-refractivity contribution in [1.82, 2.24) is 14.5 Å². The predicted octanol–water partition coefficient (Wildman–Crippen LogP) is 6.39. The third-order valence-corrected chi connectivity index (χ3v) is 5.53. The second-order valence-electron chi connectivity index (χ2n) is 7.39. The Hall–Kier alpha value is -3.54. The molecule has 6 heteroatoms. The monoisotopic (exact) mass is 446 g/mol. The quantitative estimate of drug-likeness (QED) is 0.340. The Morgan fingerprint density at radius 3 is 2.30 bits per heavy atom. The highest BCUT2D eigenvalue weighted by molar-refractivity contribution is 5.77. The van der Waals surface area contributed by atoms with Crippen molar-refractivity contribution < 1.29 is 9.47 Å². The summed E-state index contributed by atoms with van der Waals surface area (Å²) in [5.74, 6) is 1.99. The van der Waals surface area contributed by atoms with Gasteiger partial charge >= 0.3 is 0 Å².